The van der Waals surface area contributed by atoms with Crippen LogP contribution in [-0.4, -0.2) is 85.0 Å². The van der Waals surface area contributed by atoms with Crippen LogP contribution in [0.5, 0.6) is 0 Å². The summed E-state index contributed by atoms with van der Waals surface area (Å²) in [6.45, 7) is 7.77. The van der Waals surface area contributed by atoms with Gasteiger partial charge in [-0.15, -0.1) is 0 Å². The molecule has 1 aromatic carbocycles. The Kier molecular flexibility index (Phi) is 5.86. The fraction of sp³-hybridized carbons (Fsp3) is 0.444. The van der Waals surface area contributed by atoms with Crippen LogP contribution < -0.4 is 20.4 Å². The van der Waals surface area contributed by atoms with Crippen LogP contribution in [0.4, 0.5) is 21.6 Å². The van der Waals surface area contributed by atoms with Gasteiger partial charge in [0.05, 0.1) is 23.7 Å². The zero-order valence-electron chi connectivity index (χ0n) is 20.5. The fourth-order valence-electron chi connectivity index (χ4n) is 6.07. The van der Waals surface area contributed by atoms with Crippen LogP contribution >= 0.6 is 0 Å². The number of fused-ring (bicyclic) bond motifs is 2. The molecular formula is C27H31FN8. The molecule has 0 bridgehead atoms. The molecule has 2 N–H and O–H groups in total. The highest BCUT2D eigenvalue weighted by Gasteiger charge is 2.37. The molecule has 0 amide bonds. The van der Waals surface area contributed by atoms with E-state index in [0.29, 0.717) is 30.7 Å². The molecule has 36 heavy (non-hydrogen) atoms. The van der Waals surface area contributed by atoms with Gasteiger partial charge in [0, 0.05) is 86.6 Å². The molecule has 0 radical (unpaired) electrons. The zero-order chi connectivity index (χ0) is 24.8. The maximum atomic E-state index is 14.0. The van der Waals surface area contributed by atoms with E-state index in [1.807, 2.05) is 29.3 Å². The van der Waals surface area contributed by atoms with Crippen LogP contribution in [0.25, 0.3) is 10.9 Å². The highest BCUT2D eigenvalue weighted by atomic mass is 19.1. The molecule has 0 aliphatic carbocycles. The second kappa shape index (κ2) is 9.19. The van der Waals surface area contributed by atoms with Gasteiger partial charge in [-0.25, -0.2) is 9.37 Å². The number of pyridine rings is 2. The largest absolute Gasteiger partial charge is 0.368 e. The number of hydrogen-bond acceptors (Lipinski definition) is 8. The van der Waals surface area contributed by atoms with E-state index < -0.39 is 12.2 Å². The third kappa shape index (κ3) is 4.00. The first-order chi connectivity index (χ1) is 17.5. The van der Waals surface area contributed by atoms with Gasteiger partial charge in [0.1, 0.15) is 18.1 Å². The minimum atomic E-state index is -1.01. The second-order valence-electron chi connectivity index (χ2n) is 10.2. The van der Waals surface area contributed by atoms with Crippen molar-refractivity contribution < 1.29 is 4.39 Å². The lowest BCUT2D eigenvalue weighted by Gasteiger charge is -2.51. The number of aromatic nitrogens is 2. The van der Waals surface area contributed by atoms with Crippen molar-refractivity contribution in [2.45, 2.75) is 31.2 Å². The van der Waals surface area contributed by atoms with Crippen molar-refractivity contribution in [1.82, 2.24) is 14.9 Å². The van der Waals surface area contributed by atoms with E-state index in [0.717, 1.165) is 60.8 Å². The number of rotatable bonds is 3. The number of piperazine rings is 2. The van der Waals surface area contributed by atoms with E-state index in [2.05, 4.69) is 55.9 Å². The lowest BCUT2D eigenvalue weighted by Crippen LogP contribution is -2.65. The number of nitrogens with two attached hydrogens (primary N) is 1. The number of nitriles is 1. The summed E-state index contributed by atoms with van der Waals surface area (Å²) >= 11 is 0. The van der Waals surface area contributed by atoms with E-state index in [1.54, 1.807) is 6.20 Å². The lowest BCUT2D eigenvalue weighted by molar-refractivity contribution is 0.108. The molecule has 3 saturated heterocycles. The molecule has 8 nitrogen and oxygen atoms in total. The summed E-state index contributed by atoms with van der Waals surface area (Å²) in [5, 5.41) is 10.6. The third-order valence-electron chi connectivity index (χ3n) is 7.93. The van der Waals surface area contributed by atoms with Gasteiger partial charge >= 0.3 is 0 Å². The molecule has 5 heterocycles. The van der Waals surface area contributed by atoms with Gasteiger partial charge in [0.25, 0.3) is 0 Å². The highest BCUT2D eigenvalue weighted by Crippen LogP contribution is 2.33. The number of benzene rings is 1. The van der Waals surface area contributed by atoms with Gasteiger partial charge < -0.3 is 20.4 Å². The fourth-order valence-corrected chi connectivity index (χ4v) is 6.07. The Balaban J connectivity index is 1.24. The Hall–Kier alpha value is -3.48. The van der Waals surface area contributed by atoms with Crippen LogP contribution in [0.3, 0.4) is 0 Å². The van der Waals surface area contributed by atoms with Crippen molar-refractivity contribution in [3.05, 3.63) is 54.4 Å². The normalized spacial score (nSPS) is 26.8. The first kappa shape index (κ1) is 23.0. The smallest absolute Gasteiger partial charge is 0.134 e. The second-order valence-corrected chi connectivity index (χ2v) is 10.2. The van der Waals surface area contributed by atoms with Gasteiger partial charge in [0.2, 0.25) is 0 Å². The molecule has 4 atom stereocenters. The van der Waals surface area contributed by atoms with Crippen molar-refractivity contribution >= 4 is 28.1 Å². The number of hydrogen-bond donors (Lipinski definition) is 1. The van der Waals surface area contributed by atoms with Gasteiger partial charge in [0.15, 0.2) is 0 Å². The molecule has 3 aliphatic rings. The number of alkyl halides is 1. The lowest BCUT2D eigenvalue weighted by atomic mass is 10.0. The number of anilines is 3. The molecule has 3 fully saturated rings. The molecule has 9 heteroatoms. The van der Waals surface area contributed by atoms with E-state index >= 15 is 0 Å². The Bertz CT molecular complexity index is 1300. The quantitative estimate of drug-likeness (QED) is 0.604. The standard InChI is InChI=1S/C27H31FN8/c1-18-13-34(25-5-4-19(12-29)27-22(25)3-2-7-32-27)15-21-14-33(9-10-36(18)21)20-6-8-31-26(11-20)35-16-23(28)24(30)17-35/h2-8,11,18,21,23-24H,9-10,13-17,30H2,1H3/t18-,21+,23-,24+/m1/s1. The summed E-state index contributed by atoms with van der Waals surface area (Å²) in [6, 6.07) is 14.7. The van der Waals surface area contributed by atoms with Gasteiger partial charge in [-0.1, -0.05) is 0 Å². The van der Waals surface area contributed by atoms with Crippen molar-refractivity contribution in [3.63, 3.8) is 0 Å². The van der Waals surface area contributed by atoms with Crippen molar-refractivity contribution in [3.8, 4) is 6.07 Å². The number of nitrogens with zero attached hydrogens (tertiary/aromatic N) is 7. The van der Waals surface area contributed by atoms with Crippen molar-refractivity contribution in [2.75, 3.05) is 60.5 Å². The van der Waals surface area contributed by atoms with Gasteiger partial charge in [-0.05, 0) is 37.3 Å². The maximum absolute atomic E-state index is 14.0. The van der Waals surface area contributed by atoms with E-state index in [-0.39, 0.29) is 0 Å². The Labute approximate surface area is 210 Å². The molecule has 6 rings (SSSR count). The van der Waals surface area contributed by atoms with Crippen molar-refractivity contribution in [2.24, 2.45) is 5.73 Å². The average Bonchev–Trinajstić information content (AvgIpc) is 3.25. The first-order valence-corrected chi connectivity index (χ1v) is 12.7. The summed E-state index contributed by atoms with van der Waals surface area (Å²) in [5.41, 5.74) is 9.53. The molecule has 0 saturated carbocycles. The molecule has 0 spiro atoms. The molecule has 3 aliphatic heterocycles. The third-order valence-corrected chi connectivity index (χ3v) is 7.93. The minimum absolute atomic E-state index is 0.300. The molecule has 186 valence electrons. The SMILES string of the molecule is C[C@@H]1CN(c2ccc(C#N)c3ncccc23)C[C@@H]2CN(c3ccnc(N4C[C@@H](F)[C@@H](N)C4)c3)CCN21. The van der Waals surface area contributed by atoms with Gasteiger partial charge in [-0.2, -0.15) is 5.26 Å². The summed E-state index contributed by atoms with van der Waals surface area (Å²) < 4.78 is 14.0. The molecular weight excluding hydrogens is 455 g/mol. The van der Waals surface area contributed by atoms with E-state index in [1.165, 1.54) is 0 Å². The maximum Gasteiger partial charge on any atom is 0.134 e. The Morgan fingerprint density at radius 2 is 1.83 bits per heavy atom. The van der Waals surface area contributed by atoms with Crippen molar-refractivity contribution in [1.29, 1.82) is 5.26 Å². The van der Waals surface area contributed by atoms with E-state index in [9.17, 15) is 9.65 Å². The average molecular weight is 487 g/mol. The Morgan fingerprint density at radius 3 is 2.64 bits per heavy atom. The monoisotopic (exact) mass is 486 g/mol. The van der Waals surface area contributed by atoms with Crippen LogP contribution in [-0.2, 0) is 0 Å². The summed E-state index contributed by atoms with van der Waals surface area (Å²) in [6.07, 6.45) is 2.56. The van der Waals surface area contributed by atoms with Crippen LogP contribution in [0.1, 0.15) is 12.5 Å². The predicted octanol–water partition coefficient (Wildman–Crippen LogP) is 2.39. The topological polar surface area (TPSA) is 88.5 Å². The zero-order valence-corrected chi connectivity index (χ0v) is 20.5. The number of halogens is 1. The van der Waals surface area contributed by atoms with Crippen LogP contribution in [0.15, 0.2) is 48.8 Å². The summed E-state index contributed by atoms with van der Waals surface area (Å²) in [4.78, 5) is 18.4. The molecule has 0 unspecified atom stereocenters. The van der Waals surface area contributed by atoms with Crippen LogP contribution in [0, 0.1) is 11.3 Å². The summed E-state index contributed by atoms with van der Waals surface area (Å²) in [5.74, 6) is 0.792. The summed E-state index contributed by atoms with van der Waals surface area (Å²) in [7, 11) is 0. The minimum Gasteiger partial charge on any atom is -0.368 e. The van der Waals surface area contributed by atoms with Gasteiger partial charge in [-0.3, -0.25) is 9.88 Å². The Morgan fingerprint density at radius 1 is 0.972 bits per heavy atom. The van der Waals surface area contributed by atoms with E-state index in [4.69, 9.17) is 5.73 Å². The molecule has 3 aromatic rings. The first-order valence-electron chi connectivity index (χ1n) is 12.7. The highest BCUT2D eigenvalue weighted by molar-refractivity contribution is 5.95. The molecule has 2 aromatic heterocycles. The van der Waals surface area contributed by atoms with Crippen LogP contribution in [0.2, 0.25) is 0 Å². The predicted molar refractivity (Wildman–Crippen MR) is 140 cm³/mol.